The van der Waals surface area contributed by atoms with Crippen LogP contribution >= 0.6 is 27.5 Å². The molecule has 9 heteroatoms. The van der Waals surface area contributed by atoms with Crippen LogP contribution in [0.25, 0.3) is 11.6 Å². The number of hydrogen-bond donors (Lipinski definition) is 0. The van der Waals surface area contributed by atoms with Crippen molar-refractivity contribution >= 4 is 49.3 Å². The van der Waals surface area contributed by atoms with Gasteiger partial charge in [0.2, 0.25) is 0 Å². The summed E-state index contributed by atoms with van der Waals surface area (Å²) in [5.74, 6) is 1.05. The van der Waals surface area contributed by atoms with Crippen LogP contribution in [-0.4, -0.2) is 22.6 Å². The SMILES string of the molecule is COc1ccc(/C(C#N)=C/c2cc(Br)ccc2OS(=O)(=O)c2ccc(Cl)cc2)cc1OC. The van der Waals surface area contributed by atoms with E-state index >= 15 is 0 Å². The molecule has 0 saturated carbocycles. The van der Waals surface area contributed by atoms with Gasteiger partial charge in [0.05, 0.1) is 25.9 Å². The van der Waals surface area contributed by atoms with Crippen molar-refractivity contribution in [1.82, 2.24) is 0 Å². The second-order valence-electron chi connectivity index (χ2n) is 6.41. The molecule has 32 heavy (non-hydrogen) atoms. The molecule has 0 atom stereocenters. The highest BCUT2D eigenvalue weighted by Crippen LogP contribution is 2.33. The lowest BCUT2D eigenvalue weighted by Gasteiger charge is -2.12. The summed E-state index contributed by atoms with van der Waals surface area (Å²) in [4.78, 5) is -0.0415. The van der Waals surface area contributed by atoms with Gasteiger partial charge in [0.1, 0.15) is 10.6 Å². The van der Waals surface area contributed by atoms with Gasteiger partial charge in [-0.05, 0) is 72.3 Å². The molecule has 0 aliphatic rings. The monoisotopic (exact) mass is 533 g/mol. The molecule has 164 valence electrons. The van der Waals surface area contributed by atoms with Crippen molar-refractivity contribution in [3.63, 3.8) is 0 Å². The maximum absolute atomic E-state index is 12.7. The lowest BCUT2D eigenvalue weighted by atomic mass is 10.0. The van der Waals surface area contributed by atoms with Crippen LogP contribution in [0, 0.1) is 11.3 Å². The summed E-state index contributed by atoms with van der Waals surface area (Å²) in [5.41, 5.74) is 1.23. The van der Waals surface area contributed by atoms with Crippen molar-refractivity contribution in [2.75, 3.05) is 14.2 Å². The molecule has 0 fully saturated rings. The zero-order chi connectivity index (χ0) is 23.3. The smallest absolute Gasteiger partial charge is 0.339 e. The van der Waals surface area contributed by atoms with Crippen molar-refractivity contribution in [3.8, 4) is 23.3 Å². The minimum atomic E-state index is -4.11. The van der Waals surface area contributed by atoms with E-state index in [2.05, 4.69) is 22.0 Å². The predicted octanol–water partition coefficient (Wildman–Crippen LogP) is 5.95. The number of hydrogen-bond acceptors (Lipinski definition) is 6. The second kappa shape index (κ2) is 10.1. The van der Waals surface area contributed by atoms with Crippen molar-refractivity contribution in [2.45, 2.75) is 4.90 Å². The predicted molar refractivity (Wildman–Crippen MR) is 126 cm³/mol. The van der Waals surface area contributed by atoms with Gasteiger partial charge in [-0.3, -0.25) is 0 Å². The first-order valence-corrected chi connectivity index (χ1v) is 11.7. The van der Waals surface area contributed by atoms with Gasteiger partial charge < -0.3 is 13.7 Å². The molecular formula is C23H17BrClNO5S. The van der Waals surface area contributed by atoms with Gasteiger partial charge in [-0.2, -0.15) is 13.7 Å². The molecule has 3 aromatic carbocycles. The van der Waals surface area contributed by atoms with Crippen LogP contribution in [0.3, 0.4) is 0 Å². The zero-order valence-electron chi connectivity index (χ0n) is 17.0. The molecule has 0 aromatic heterocycles. The summed E-state index contributed by atoms with van der Waals surface area (Å²) >= 11 is 9.21. The fraction of sp³-hybridized carbons (Fsp3) is 0.0870. The van der Waals surface area contributed by atoms with E-state index in [0.717, 1.165) is 0 Å². The Morgan fingerprint density at radius 2 is 1.62 bits per heavy atom. The highest BCUT2D eigenvalue weighted by Gasteiger charge is 2.19. The third kappa shape index (κ3) is 5.43. The lowest BCUT2D eigenvalue weighted by Crippen LogP contribution is -2.10. The minimum Gasteiger partial charge on any atom is -0.493 e. The molecule has 0 heterocycles. The van der Waals surface area contributed by atoms with Crippen LogP contribution in [-0.2, 0) is 10.1 Å². The largest absolute Gasteiger partial charge is 0.493 e. The first-order chi connectivity index (χ1) is 15.3. The van der Waals surface area contributed by atoms with Crippen molar-refractivity contribution < 1.29 is 22.1 Å². The highest BCUT2D eigenvalue weighted by molar-refractivity contribution is 9.10. The number of rotatable bonds is 7. The van der Waals surface area contributed by atoms with Gasteiger partial charge in [-0.15, -0.1) is 0 Å². The molecule has 0 aliphatic carbocycles. The highest BCUT2D eigenvalue weighted by atomic mass is 79.9. The molecule has 3 rings (SSSR count). The van der Waals surface area contributed by atoms with Gasteiger partial charge in [0, 0.05) is 15.1 Å². The summed E-state index contributed by atoms with van der Waals surface area (Å²) in [5, 5.41) is 10.2. The standard InChI is InChI=1S/C23H17BrClNO5S/c1-29-22-9-3-15(13-23(22)30-2)17(14-26)11-16-12-18(24)4-10-21(16)31-32(27,28)20-7-5-19(25)6-8-20/h3-13H,1-2H3/b17-11+. The van der Waals surface area contributed by atoms with Crippen LogP contribution < -0.4 is 13.7 Å². The average Bonchev–Trinajstić information content (AvgIpc) is 2.78. The van der Waals surface area contributed by atoms with Gasteiger partial charge in [-0.1, -0.05) is 27.5 Å². The minimum absolute atomic E-state index is 0.0415. The van der Waals surface area contributed by atoms with Crippen LogP contribution in [0.2, 0.25) is 5.02 Å². The molecule has 0 aliphatic heterocycles. The summed E-state index contributed by atoms with van der Waals surface area (Å²) in [7, 11) is -1.10. The van der Waals surface area contributed by atoms with E-state index < -0.39 is 10.1 Å². The Morgan fingerprint density at radius 3 is 2.25 bits per heavy atom. The number of benzene rings is 3. The van der Waals surface area contributed by atoms with Gasteiger partial charge in [-0.25, -0.2) is 0 Å². The summed E-state index contributed by atoms with van der Waals surface area (Å²) in [6.45, 7) is 0. The quantitative estimate of drug-likeness (QED) is 0.211. The third-order valence-corrected chi connectivity index (χ3v) is 6.38. The average molecular weight is 535 g/mol. The molecule has 0 saturated heterocycles. The molecule has 6 nitrogen and oxygen atoms in total. The Hall–Kier alpha value is -2.99. The van der Waals surface area contributed by atoms with Crippen molar-refractivity contribution in [2.24, 2.45) is 0 Å². The maximum Gasteiger partial charge on any atom is 0.339 e. The first-order valence-electron chi connectivity index (χ1n) is 9.11. The van der Waals surface area contributed by atoms with E-state index in [9.17, 15) is 13.7 Å². The number of ether oxygens (including phenoxy) is 2. The fourth-order valence-corrected chi connectivity index (χ4v) is 4.27. The number of nitriles is 1. The number of allylic oxidation sites excluding steroid dienone is 1. The van der Waals surface area contributed by atoms with Crippen LogP contribution in [0.5, 0.6) is 17.2 Å². The van der Waals surface area contributed by atoms with E-state index in [4.69, 9.17) is 25.3 Å². The molecule has 0 N–H and O–H groups in total. The second-order valence-corrected chi connectivity index (χ2v) is 9.31. The van der Waals surface area contributed by atoms with Crippen LogP contribution in [0.1, 0.15) is 11.1 Å². The van der Waals surface area contributed by atoms with Gasteiger partial charge in [0.15, 0.2) is 11.5 Å². The summed E-state index contributed by atoms with van der Waals surface area (Å²) in [6, 6.07) is 17.6. The zero-order valence-corrected chi connectivity index (χ0v) is 20.2. The fourth-order valence-electron chi connectivity index (χ4n) is 2.81. The van der Waals surface area contributed by atoms with E-state index in [0.29, 0.717) is 32.1 Å². The maximum atomic E-state index is 12.7. The Morgan fingerprint density at radius 1 is 0.969 bits per heavy atom. The van der Waals surface area contributed by atoms with Crippen molar-refractivity contribution in [3.05, 3.63) is 81.3 Å². The Balaban J connectivity index is 2.04. The van der Waals surface area contributed by atoms with Crippen molar-refractivity contribution in [1.29, 1.82) is 5.26 Å². The van der Waals surface area contributed by atoms with E-state index in [1.165, 1.54) is 44.6 Å². The number of halogens is 2. The van der Waals surface area contributed by atoms with E-state index in [-0.39, 0.29) is 16.2 Å². The Bertz CT molecular complexity index is 1320. The molecule has 0 amide bonds. The third-order valence-electron chi connectivity index (χ3n) is 4.39. The molecular weight excluding hydrogens is 518 g/mol. The number of methoxy groups -OCH3 is 2. The first kappa shape index (κ1) is 23.7. The van der Waals surface area contributed by atoms with E-state index in [1.807, 2.05) is 0 Å². The normalized spacial score (nSPS) is 11.5. The van der Waals surface area contributed by atoms with E-state index in [1.54, 1.807) is 36.4 Å². The van der Waals surface area contributed by atoms with Gasteiger partial charge in [0.25, 0.3) is 0 Å². The Labute approximate surface area is 199 Å². The molecule has 0 bridgehead atoms. The molecule has 3 aromatic rings. The Kier molecular flexibility index (Phi) is 7.46. The molecule has 0 radical (unpaired) electrons. The molecule has 0 unspecified atom stereocenters. The van der Waals surface area contributed by atoms with Crippen LogP contribution in [0.4, 0.5) is 0 Å². The summed E-state index contributed by atoms with van der Waals surface area (Å²) < 4.78 is 42.1. The lowest BCUT2D eigenvalue weighted by molar-refractivity contribution is 0.355. The van der Waals surface area contributed by atoms with Crippen LogP contribution in [0.15, 0.2) is 70.0 Å². The number of nitrogens with zero attached hydrogens (tertiary/aromatic N) is 1. The molecule has 0 spiro atoms. The topological polar surface area (TPSA) is 85.6 Å². The summed E-state index contributed by atoms with van der Waals surface area (Å²) in [6.07, 6.45) is 1.54. The van der Waals surface area contributed by atoms with Gasteiger partial charge >= 0.3 is 10.1 Å².